The molecule has 0 saturated heterocycles. The number of aryl methyl sites for hydroxylation is 1. The van der Waals surface area contributed by atoms with Crippen LogP contribution < -0.4 is 15.4 Å². The highest BCUT2D eigenvalue weighted by Crippen LogP contribution is 2.21. The molecule has 0 spiro atoms. The zero-order valence-electron chi connectivity index (χ0n) is 15.5. The summed E-state index contributed by atoms with van der Waals surface area (Å²) < 4.78 is 5.23. The van der Waals surface area contributed by atoms with Crippen LogP contribution in [-0.2, 0) is 4.79 Å². The SMILES string of the molecule is COc1ccccc1C(=O)N[C@@H](CCSC)C(=O)Nc1cc(Cl)ccc1C. The van der Waals surface area contributed by atoms with Crippen molar-refractivity contribution in [2.24, 2.45) is 0 Å². The number of hydrogen-bond donors (Lipinski definition) is 2. The summed E-state index contributed by atoms with van der Waals surface area (Å²) in [6.07, 6.45) is 2.46. The lowest BCUT2D eigenvalue weighted by atomic mass is 10.1. The third-order valence-electron chi connectivity index (χ3n) is 4.04. The van der Waals surface area contributed by atoms with Crippen LogP contribution in [0.2, 0.25) is 5.02 Å². The van der Waals surface area contributed by atoms with Gasteiger partial charge in [0.1, 0.15) is 11.8 Å². The zero-order valence-corrected chi connectivity index (χ0v) is 17.1. The average molecular weight is 407 g/mol. The third-order valence-corrected chi connectivity index (χ3v) is 4.92. The second-order valence-corrected chi connectivity index (χ2v) is 7.38. The van der Waals surface area contributed by atoms with Crippen molar-refractivity contribution in [1.82, 2.24) is 5.32 Å². The summed E-state index contributed by atoms with van der Waals surface area (Å²) in [7, 11) is 1.51. The Balaban J connectivity index is 2.17. The summed E-state index contributed by atoms with van der Waals surface area (Å²) in [6.45, 7) is 1.89. The van der Waals surface area contributed by atoms with Crippen LogP contribution in [0.25, 0.3) is 0 Å². The number of carbonyl (C=O) groups excluding carboxylic acids is 2. The van der Waals surface area contributed by atoms with Gasteiger partial charge in [0.2, 0.25) is 5.91 Å². The first-order valence-electron chi connectivity index (χ1n) is 8.46. The minimum atomic E-state index is -0.673. The Morgan fingerprint density at radius 1 is 1.22 bits per heavy atom. The second-order valence-electron chi connectivity index (χ2n) is 5.96. The largest absolute Gasteiger partial charge is 0.496 e. The van der Waals surface area contributed by atoms with Gasteiger partial charge in [-0.2, -0.15) is 11.8 Å². The molecule has 0 saturated carbocycles. The molecule has 0 aliphatic heterocycles. The molecule has 2 rings (SSSR count). The maximum Gasteiger partial charge on any atom is 0.255 e. The van der Waals surface area contributed by atoms with Crippen LogP contribution >= 0.6 is 23.4 Å². The van der Waals surface area contributed by atoms with Gasteiger partial charge in [0, 0.05) is 10.7 Å². The number of amides is 2. The number of nitrogens with one attached hydrogen (secondary N) is 2. The van der Waals surface area contributed by atoms with Gasteiger partial charge in [-0.3, -0.25) is 9.59 Å². The summed E-state index contributed by atoms with van der Waals surface area (Å²) in [5.74, 6) is 0.567. The summed E-state index contributed by atoms with van der Waals surface area (Å²) in [5, 5.41) is 6.22. The lowest BCUT2D eigenvalue weighted by Gasteiger charge is -2.19. The highest BCUT2D eigenvalue weighted by Gasteiger charge is 2.23. The van der Waals surface area contributed by atoms with Crippen molar-refractivity contribution in [3.05, 3.63) is 58.6 Å². The second kappa shape index (κ2) is 10.2. The molecule has 0 bridgehead atoms. The Labute approximate surface area is 168 Å². The van der Waals surface area contributed by atoms with E-state index in [1.807, 2.05) is 19.2 Å². The Hall–Kier alpha value is -2.18. The number of ether oxygens (including phenoxy) is 1. The number of halogens is 1. The molecule has 0 aliphatic carbocycles. The molecule has 0 radical (unpaired) electrons. The predicted molar refractivity (Wildman–Crippen MR) is 112 cm³/mol. The van der Waals surface area contributed by atoms with Crippen molar-refractivity contribution in [3.63, 3.8) is 0 Å². The van der Waals surface area contributed by atoms with E-state index in [0.717, 1.165) is 11.3 Å². The smallest absolute Gasteiger partial charge is 0.255 e. The predicted octanol–water partition coefficient (Wildman–Crippen LogP) is 4.15. The highest BCUT2D eigenvalue weighted by atomic mass is 35.5. The van der Waals surface area contributed by atoms with E-state index in [1.165, 1.54) is 7.11 Å². The summed E-state index contributed by atoms with van der Waals surface area (Å²) >= 11 is 7.64. The fourth-order valence-electron chi connectivity index (χ4n) is 2.52. The lowest BCUT2D eigenvalue weighted by molar-refractivity contribution is -0.118. The molecule has 144 valence electrons. The van der Waals surface area contributed by atoms with E-state index in [9.17, 15) is 9.59 Å². The van der Waals surface area contributed by atoms with Crippen molar-refractivity contribution >= 4 is 40.9 Å². The Morgan fingerprint density at radius 3 is 2.67 bits per heavy atom. The number of anilines is 1. The first-order chi connectivity index (χ1) is 13.0. The quantitative estimate of drug-likeness (QED) is 0.691. The third kappa shape index (κ3) is 5.91. The Morgan fingerprint density at radius 2 is 1.96 bits per heavy atom. The van der Waals surface area contributed by atoms with Gasteiger partial charge < -0.3 is 15.4 Å². The molecule has 2 aromatic rings. The van der Waals surface area contributed by atoms with Gasteiger partial charge in [-0.05, 0) is 55.2 Å². The van der Waals surface area contributed by atoms with Crippen LogP contribution in [0.1, 0.15) is 22.3 Å². The van der Waals surface area contributed by atoms with Crippen molar-refractivity contribution < 1.29 is 14.3 Å². The van der Waals surface area contributed by atoms with E-state index < -0.39 is 6.04 Å². The summed E-state index contributed by atoms with van der Waals surface area (Å²) in [5.41, 5.74) is 1.92. The van der Waals surface area contributed by atoms with Gasteiger partial charge >= 0.3 is 0 Å². The van der Waals surface area contributed by atoms with Gasteiger partial charge in [-0.15, -0.1) is 0 Å². The van der Waals surface area contributed by atoms with Gasteiger partial charge in [0.25, 0.3) is 5.91 Å². The van der Waals surface area contributed by atoms with Crippen LogP contribution in [0.4, 0.5) is 5.69 Å². The normalized spacial score (nSPS) is 11.6. The van der Waals surface area contributed by atoms with E-state index in [2.05, 4.69) is 10.6 Å². The monoisotopic (exact) mass is 406 g/mol. The number of rotatable bonds is 8. The van der Waals surface area contributed by atoms with Crippen LogP contribution in [0, 0.1) is 6.92 Å². The Bertz CT molecular complexity index is 814. The molecule has 0 aromatic heterocycles. The van der Waals surface area contributed by atoms with E-state index in [1.54, 1.807) is 48.2 Å². The maximum atomic E-state index is 12.8. The molecule has 0 aliphatic rings. The molecule has 5 nitrogen and oxygen atoms in total. The molecular weight excluding hydrogens is 384 g/mol. The topological polar surface area (TPSA) is 67.4 Å². The average Bonchev–Trinajstić information content (AvgIpc) is 2.67. The molecule has 0 heterocycles. The van der Waals surface area contributed by atoms with Gasteiger partial charge in [-0.25, -0.2) is 0 Å². The van der Waals surface area contributed by atoms with Gasteiger partial charge in [-0.1, -0.05) is 29.8 Å². The van der Waals surface area contributed by atoms with Crippen LogP contribution in [0.15, 0.2) is 42.5 Å². The number of benzene rings is 2. The maximum absolute atomic E-state index is 12.8. The molecule has 27 heavy (non-hydrogen) atoms. The molecule has 2 aromatic carbocycles. The van der Waals surface area contributed by atoms with Crippen molar-refractivity contribution in [1.29, 1.82) is 0 Å². The number of methoxy groups -OCH3 is 1. The molecule has 0 unspecified atom stereocenters. The number of thioether (sulfide) groups is 1. The van der Waals surface area contributed by atoms with E-state index >= 15 is 0 Å². The fourth-order valence-corrected chi connectivity index (χ4v) is 3.16. The highest BCUT2D eigenvalue weighted by molar-refractivity contribution is 7.98. The zero-order chi connectivity index (χ0) is 19.8. The number of hydrogen-bond acceptors (Lipinski definition) is 4. The molecular formula is C20H23ClN2O3S. The lowest BCUT2D eigenvalue weighted by Crippen LogP contribution is -2.44. The van der Waals surface area contributed by atoms with Crippen molar-refractivity contribution in [2.75, 3.05) is 24.4 Å². The summed E-state index contributed by atoms with van der Waals surface area (Å²) in [4.78, 5) is 25.5. The summed E-state index contributed by atoms with van der Waals surface area (Å²) in [6, 6.07) is 11.5. The van der Waals surface area contributed by atoms with Crippen molar-refractivity contribution in [2.45, 2.75) is 19.4 Å². The molecule has 7 heteroatoms. The first-order valence-corrected chi connectivity index (χ1v) is 10.2. The molecule has 0 fully saturated rings. The number of para-hydroxylation sites is 1. The van der Waals surface area contributed by atoms with Gasteiger partial charge in [0.05, 0.1) is 12.7 Å². The van der Waals surface area contributed by atoms with Crippen LogP contribution in [0.3, 0.4) is 0 Å². The van der Waals surface area contributed by atoms with Crippen LogP contribution in [-0.4, -0.2) is 37.0 Å². The fraction of sp³-hybridized carbons (Fsp3) is 0.300. The van der Waals surface area contributed by atoms with Crippen LogP contribution in [0.5, 0.6) is 5.75 Å². The first kappa shape index (κ1) is 21.1. The molecule has 2 N–H and O–H groups in total. The standard InChI is InChI=1S/C20H23ClN2O3S/c1-13-8-9-14(21)12-17(13)23-20(25)16(10-11-27-3)22-19(24)15-6-4-5-7-18(15)26-2/h4-9,12,16H,10-11H2,1-3H3,(H,22,24)(H,23,25)/t16-/m0/s1. The van der Waals surface area contributed by atoms with E-state index in [-0.39, 0.29) is 11.8 Å². The number of carbonyl (C=O) groups is 2. The Kier molecular flexibility index (Phi) is 8.00. The minimum Gasteiger partial charge on any atom is -0.496 e. The molecule has 2 amide bonds. The van der Waals surface area contributed by atoms with E-state index in [4.69, 9.17) is 16.3 Å². The minimum absolute atomic E-state index is 0.280. The van der Waals surface area contributed by atoms with Crippen molar-refractivity contribution in [3.8, 4) is 5.75 Å². The van der Waals surface area contributed by atoms with Gasteiger partial charge in [0.15, 0.2) is 0 Å². The molecule has 1 atom stereocenters. The van der Waals surface area contributed by atoms with E-state index in [0.29, 0.717) is 28.4 Å².